The van der Waals surface area contributed by atoms with Crippen molar-refractivity contribution in [3.8, 4) is 0 Å². The molecule has 0 spiro atoms. The van der Waals surface area contributed by atoms with E-state index in [2.05, 4.69) is 10.6 Å². The van der Waals surface area contributed by atoms with E-state index < -0.39 is 58.2 Å². The molecule has 2 N–H and O–H groups in total. The molecule has 4 atom stereocenters. The Kier molecular flexibility index (Phi) is 7.57. The third kappa shape index (κ3) is 5.96. The van der Waals surface area contributed by atoms with Crippen LogP contribution >= 0.6 is 0 Å². The Hall–Kier alpha value is -3.81. The standard InChI is InChI=1S/C24H26N4O8S/c1-15-21(25-19(29)13-17-9-5-3-6-10-17)23(31)27(15)35-37(33,34)36-28-16(2)22(24(28)32)26-20(30)14-18-11-7-4-8-12-18/h3-12,15-16,21-22H,13-14H2,1-2H3,(H,25,29)(H,26,30)/t15-,16-,21-,22-/m0/s1. The van der Waals surface area contributed by atoms with Gasteiger partial charge >= 0.3 is 10.4 Å². The highest BCUT2D eigenvalue weighted by Crippen LogP contribution is 2.26. The van der Waals surface area contributed by atoms with Crippen molar-refractivity contribution in [2.45, 2.75) is 50.9 Å². The van der Waals surface area contributed by atoms with E-state index in [0.717, 1.165) is 11.1 Å². The Bertz CT molecular complexity index is 1190. The topological polar surface area (TPSA) is 151 Å². The van der Waals surface area contributed by atoms with Gasteiger partial charge in [0, 0.05) is 0 Å². The fourth-order valence-corrected chi connectivity index (χ4v) is 4.83. The first kappa shape index (κ1) is 26.3. The number of hydrogen-bond donors (Lipinski definition) is 2. The molecule has 2 saturated heterocycles. The maximum Gasteiger partial charge on any atom is 0.442 e. The van der Waals surface area contributed by atoms with Gasteiger partial charge in [0.15, 0.2) is 0 Å². The first-order chi connectivity index (χ1) is 17.6. The molecule has 2 heterocycles. The molecule has 4 amide bonds. The second-order valence-corrected chi connectivity index (χ2v) is 9.90. The molecular weight excluding hydrogens is 504 g/mol. The van der Waals surface area contributed by atoms with E-state index in [-0.39, 0.29) is 12.8 Å². The van der Waals surface area contributed by atoms with Crippen LogP contribution in [0.15, 0.2) is 60.7 Å². The molecule has 2 aromatic carbocycles. The summed E-state index contributed by atoms with van der Waals surface area (Å²) in [6, 6.07) is 14.3. The molecular formula is C24H26N4O8S. The van der Waals surface area contributed by atoms with Crippen LogP contribution in [0.1, 0.15) is 25.0 Å². The number of β-lactam (4-membered cyclic amide) rings is 2. The molecule has 0 aliphatic carbocycles. The van der Waals surface area contributed by atoms with E-state index in [1.54, 1.807) is 48.5 Å². The smallest absolute Gasteiger partial charge is 0.342 e. The van der Waals surface area contributed by atoms with Crippen LogP contribution < -0.4 is 10.6 Å². The highest BCUT2D eigenvalue weighted by atomic mass is 32.3. The van der Waals surface area contributed by atoms with Gasteiger partial charge in [-0.2, -0.15) is 18.5 Å². The third-order valence-electron chi connectivity index (χ3n) is 6.06. The Morgan fingerprint density at radius 2 is 1.08 bits per heavy atom. The van der Waals surface area contributed by atoms with Crippen molar-refractivity contribution in [1.29, 1.82) is 0 Å². The maximum atomic E-state index is 12.4. The van der Waals surface area contributed by atoms with Crippen molar-refractivity contribution in [2.24, 2.45) is 0 Å². The SMILES string of the molecule is C[C@H]1[C@H](NC(=O)Cc2ccccc2)C(=O)N1OS(=O)(=O)ON1C(=O)[C@@H](NC(=O)Cc2ccccc2)[C@@H]1C. The summed E-state index contributed by atoms with van der Waals surface area (Å²) >= 11 is 0. The first-order valence-electron chi connectivity index (χ1n) is 11.5. The number of carbonyl (C=O) groups is 4. The van der Waals surface area contributed by atoms with Crippen LogP contribution in [0, 0.1) is 0 Å². The van der Waals surface area contributed by atoms with Gasteiger partial charge in [-0.15, -0.1) is 8.57 Å². The lowest BCUT2D eigenvalue weighted by Gasteiger charge is -2.44. The van der Waals surface area contributed by atoms with Gasteiger partial charge in [-0.25, -0.2) is 0 Å². The summed E-state index contributed by atoms with van der Waals surface area (Å²) in [6.07, 6.45) is 0.106. The van der Waals surface area contributed by atoms with Gasteiger partial charge in [0.05, 0.1) is 24.9 Å². The summed E-state index contributed by atoms with van der Waals surface area (Å²) < 4.78 is 34.2. The van der Waals surface area contributed by atoms with Gasteiger partial charge in [-0.3, -0.25) is 19.2 Å². The lowest BCUT2D eigenvalue weighted by atomic mass is 10.00. The highest BCUT2D eigenvalue weighted by molar-refractivity contribution is 7.81. The summed E-state index contributed by atoms with van der Waals surface area (Å²) in [5.41, 5.74) is 1.51. The fourth-order valence-electron chi connectivity index (χ4n) is 3.99. The Morgan fingerprint density at radius 1 is 0.730 bits per heavy atom. The number of carbonyl (C=O) groups excluding carboxylic acids is 4. The quantitative estimate of drug-likeness (QED) is 0.408. The van der Waals surface area contributed by atoms with Crippen LogP contribution in [0.4, 0.5) is 0 Å². The van der Waals surface area contributed by atoms with Crippen LogP contribution in [0.3, 0.4) is 0 Å². The number of rotatable bonds is 10. The fraction of sp³-hybridized carbons (Fsp3) is 0.333. The lowest BCUT2D eigenvalue weighted by molar-refractivity contribution is -0.214. The van der Waals surface area contributed by atoms with Crippen molar-refractivity contribution in [3.63, 3.8) is 0 Å². The molecule has 0 unspecified atom stereocenters. The molecule has 0 bridgehead atoms. The molecule has 0 saturated carbocycles. The number of hydroxylamine groups is 4. The van der Waals surface area contributed by atoms with Crippen molar-refractivity contribution >= 4 is 34.0 Å². The normalized spacial score (nSPS) is 23.2. The number of hydrogen-bond acceptors (Lipinski definition) is 8. The van der Waals surface area contributed by atoms with Crippen LogP contribution in [0.2, 0.25) is 0 Å². The number of benzene rings is 2. The Morgan fingerprint density at radius 3 is 1.41 bits per heavy atom. The molecule has 4 rings (SSSR count). The molecule has 196 valence electrons. The molecule has 0 aromatic heterocycles. The van der Waals surface area contributed by atoms with Crippen LogP contribution in [0.25, 0.3) is 0 Å². The van der Waals surface area contributed by atoms with E-state index in [1.807, 2.05) is 12.1 Å². The lowest BCUT2D eigenvalue weighted by Crippen LogP contribution is -2.71. The molecule has 12 nitrogen and oxygen atoms in total. The predicted octanol–water partition coefficient (Wildman–Crippen LogP) is 0.0108. The minimum atomic E-state index is -4.85. The minimum absolute atomic E-state index is 0.0532. The molecule has 37 heavy (non-hydrogen) atoms. The molecule has 0 radical (unpaired) electrons. The van der Waals surface area contributed by atoms with Gasteiger partial charge in [-0.1, -0.05) is 60.7 Å². The summed E-state index contributed by atoms with van der Waals surface area (Å²) in [6.45, 7) is 2.97. The monoisotopic (exact) mass is 530 g/mol. The zero-order chi connectivity index (χ0) is 26.7. The molecule has 13 heteroatoms. The summed E-state index contributed by atoms with van der Waals surface area (Å²) in [5, 5.41) is 6.20. The Labute approximate surface area is 213 Å². The minimum Gasteiger partial charge on any atom is -0.342 e. The Balaban J connectivity index is 1.25. The molecule has 2 aliphatic rings. The van der Waals surface area contributed by atoms with Gasteiger partial charge in [0.1, 0.15) is 12.1 Å². The summed E-state index contributed by atoms with van der Waals surface area (Å²) in [5.74, 6) is -2.38. The average molecular weight is 531 g/mol. The van der Waals surface area contributed by atoms with Crippen molar-refractivity contribution in [2.75, 3.05) is 0 Å². The summed E-state index contributed by atoms with van der Waals surface area (Å²) in [7, 11) is -4.85. The van der Waals surface area contributed by atoms with E-state index >= 15 is 0 Å². The van der Waals surface area contributed by atoms with Crippen molar-refractivity contribution in [3.05, 3.63) is 71.8 Å². The van der Waals surface area contributed by atoms with Gasteiger partial charge in [-0.05, 0) is 25.0 Å². The number of nitrogens with one attached hydrogen (secondary N) is 2. The average Bonchev–Trinajstić information content (AvgIpc) is 2.88. The van der Waals surface area contributed by atoms with Crippen LogP contribution in [-0.2, 0) is 51.0 Å². The maximum absolute atomic E-state index is 12.4. The van der Waals surface area contributed by atoms with Crippen LogP contribution in [0.5, 0.6) is 0 Å². The first-order valence-corrected chi connectivity index (χ1v) is 12.9. The van der Waals surface area contributed by atoms with E-state index in [0.29, 0.717) is 10.1 Å². The number of amides is 4. The summed E-state index contributed by atoms with van der Waals surface area (Å²) in [4.78, 5) is 49.3. The van der Waals surface area contributed by atoms with Crippen LogP contribution in [-0.4, -0.2) is 66.3 Å². The van der Waals surface area contributed by atoms with Crippen molar-refractivity contribution in [1.82, 2.24) is 20.8 Å². The van der Waals surface area contributed by atoms with Crippen molar-refractivity contribution < 1.29 is 36.2 Å². The second-order valence-electron chi connectivity index (χ2n) is 8.78. The second kappa shape index (κ2) is 10.7. The third-order valence-corrected chi connectivity index (χ3v) is 6.75. The van der Waals surface area contributed by atoms with E-state index in [4.69, 9.17) is 8.57 Å². The number of nitrogens with zero attached hydrogens (tertiary/aromatic N) is 2. The van der Waals surface area contributed by atoms with Gasteiger partial charge in [0.2, 0.25) is 11.8 Å². The molecule has 2 aliphatic heterocycles. The van der Waals surface area contributed by atoms with E-state index in [1.165, 1.54) is 13.8 Å². The van der Waals surface area contributed by atoms with Gasteiger partial charge in [0.25, 0.3) is 11.8 Å². The molecule has 2 fully saturated rings. The zero-order valence-corrected chi connectivity index (χ0v) is 20.9. The van der Waals surface area contributed by atoms with Gasteiger partial charge < -0.3 is 10.6 Å². The molecule has 2 aromatic rings. The predicted molar refractivity (Wildman–Crippen MR) is 128 cm³/mol. The highest BCUT2D eigenvalue weighted by Gasteiger charge is 2.52. The largest absolute Gasteiger partial charge is 0.442 e. The van der Waals surface area contributed by atoms with E-state index in [9.17, 15) is 27.6 Å². The zero-order valence-electron chi connectivity index (χ0n) is 20.1.